The molecule has 82 valence electrons. The first-order valence-corrected chi connectivity index (χ1v) is 5.39. The highest BCUT2D eigenvalue weighted by molar-refractivity contribution is 8.02. The summed E-state index contributed by atoms with van der Waals surface area (Å²) in [5.74, 6) is -1.19. The number of esters is 1. The van der Waals surface area contributed by atoms with Gasteiger partial charge >= 0.3 is 11.9 Å². The van der Waals surface area contributed by atoms with Gasteiger partial charge in [0.1, 0.15) is 4.75 Å². The van der Waals surface area contributed by atoms with Crippen LogP contribution in [0.1, 0.15) is 26.7 Å². The Bertz CT molecular complexity index is 217. The molecule has 0 radical (unpaired) electrons. The molecule has 0 saturated heterocycles. The van der Waals surface area contributed by atoms with Gasteiger partial charge in [0.15, 0.2) is 0 Å². The molecule has 0 aromatic rings. The molecule has 0 aliphatic heterocycles. The molecular weight excluding hydrogens is 204 g/mol. The van der Waals surface area contributed by atoms with Gasteiger partial charge in [-0.05, 0) is 13.3 Å². The third kappa shape index (κ3) is 4.00. The number of carboxylic acid groups (broad SMARTS) is 1. The van der Waals surface area contributed by atoms with Crippen molar-refractivity contribution in [2.24, 2.45) is 0 Å². The summed E-state index contributed by atoms with van der Waals surface area (Å²) < 4.78 is 3.56. The van der Waals surface area contributed by atoms with E-state index >= 15 is 0 Å². The van der Waals surface area contributed by atoms with Gasteiger partial charge in [-0.25, -0.2) is 0 Å². The third-order valence-electron chi connectivity index (χ3n) is 1.92. The Balaban J connectivity index is 4.23. The number of methoxy groups -OCH3 is 1. The first-order chi connectivity index (χ1) is 6.46. The van der Waals surface area contributed by atoms with Crippen LogP contribution in [0.5, 0.6) is 0 Å². The number of hydrogen-bond donors (Lipinski definition) is 1. The maximum absolute atomic E-state index is 10.9. The van der Waals surface area contributed by atoms with Crippen molar-refractivity contribution in [2.75, 3.05) is 12.9 Å². The lowest BCUT2D eigenvalue weighted by molar-refractivity contribution is -0.139. The molecular formula is C9H16O4S. The molecule has 0 aromatic heterocycles. The summed E-state index contributed by atoms with van der Waals surface area (Å²) in [6.07, 6.45) is 1.32. The van der Waals surface area contributed by atoms with Crippen LogP contribution in [0, 0.1) is 0 Å². The molecule has 0 bridgehead atoms. The second kappa shape index (κ2) is 5.90. The van der Waals surface area contributed by atoms with Crippen LogP contribution < -0.4 is 0 Å². The Hall–Kier alpha value is -0.710. The first-order valence-electron chi connectivity index (χ1n) is 4.40. The Labute approximate surface area is 88.0 Å². The van der Waals surface area contributed by atoms with E-state index < -0.39 is 16.7 Å². The fourth-order valence-electron chi connectivity index (χ4n) is 0.995. The minimum atomic E-state index is -0.886. The highest BCUT2D eigenvalue weighted by atomic mass is 32.2. The van der Waals surface area contributed by atoms with Gasteiger partial charge in [-0.2, -0.15) is 0 Å². The zero-order chi connectivity index (χ0) is 11.2. The number of carboxylic acids is 1. The smallest absolute Gasteiger partial charge is 0.319 e. The van der Waals surface area contributed by atoms with Gasteiger partial charge in [-0.1, -0.05) is 13.3 Å². The molecule has 0 heterocycles. The van der Waals surface area contributed by atoms with Crippen molar-refractivity contribution in [2.45, 2.75) is 31.4 Å². The average Bonchev–Trinajstić information content (AvgIpc) is 2.14. The SMILES string of the molecule is CCCC(C)(SCC(=O)OC)C(=O)O. The van der Waals surface area contributed by atoms with Crippen molar-refractivity contribution in [1.82, 2.24) is 0 Å². The van der Waals surface area contributed by atoms with E-state index in [9.17, 15) is 9.59 Å². The van der Waals surface area contributed by atoms with E-state index in [2.05, 4.69) is 4.74 Å². The van der Waals surface area contributed by atoms with Crippen molar-refractivity contribution in [3.05, 3.63) is 0 Å². The number of thioether (sulfide) groups is 1. The Morgan fingerprint density at radius 2 is 2.07 bits per heavy atom. The summed E-state index contributed by atoms with van der Waals surface area (Å²) >= 11 is 1.12. The Morgan fingerprint density at radius 3 is 2.43 bits per heavy atom. The summed E-state index contributed by atoms with van der Waals surface area (Å²) in [5, 5.41) is 8.98. The standard InChI is InChI=1S/C9H16O4S/c1-4-5-9(2,8(11)12)14-6-7(10)13-3/h4-6H2,1-3H3,(H,11,12). The van der Waals surface area contributed by atoms with Gasteiger partial charge in [-0.3, -0.25) is 9.59 Å². The largest absolute Gasteiger partial charge is 0.480 e. The quantitative estimate of drug-likeness (QED) is 0.688. The lowest BCUT2D eigenvalue weighted by Gasteiger charge is -2.22. The van der Waals surface area contributed by atoms with Crippen LogP contribution in [0.25, 0.3) is 0 Å². The van der Waals surface area contributed by atoms with Crippen molar-refractivity contribution < 1.29 is 19.4 Å². The molecule has 0 amide bonds. The monoisotopic (exact) mass is 220 g/mol. The van der Waals surface area contributed by atoms with Gasteiger partial charge in [0.25, 0.3) is 0 Å². The first kappa shape index (κ1) is 13.3. The van der Waals surface area contributed by atoms with Crippen molar-refractivity contribution in [1.29, 1.82) is 0 Å². The molecule has 0 fully saturated rings. The highest BCUT2D eigenvalue weighted by Crippen LogP contribution is 2.30. The molecule has 0 saturated carbocycles. The molecule has 1 N–H and O–H groups in total. The topological polar surface area (TPSA) is 63.6 Å². The molecule has 1 atom stereocenters. The fourth-order valence-corrected chi connectivity index (χ4v) is 2.02. The van der Waals surface area contributed by atoms with Gasteiger partial charge in [0, 0.05) is 0 Å². The van der Waals surface area contributed by atoms with Crippen LogP contribution in [0.2, 0.25) is 0 Å². The number of carbonyl (C=O) groups excluding carboxylic acids is 1. The third-order valence-corrected chi connectivity index (χ3v) is 3.31. The minimum absolute atomic E-state index is 0.0826. The summed E-state index contributed by atoms with van der Waals surface area (Å²) in [6.45, 7) is 3.55. The van der Waals surface area contributed by atoms with E-state index in [1.54, 1.807) is 6.92 Å². The lowest BCUT2D eigenvalue weighted by Crippen LogP contribution is -2.32. The van der Waals surface area contributed by atoms with E-state index in [1.807, 2.05) is 6.92 Å². The Morgan fingerprint density at radius 1 is 1.50 bits per heavy atom. The molecule has 0 aliphatic rings. The molecule has 14 heavy (non-hydrogen) atoms. The molecule has 0 aromatic carbocycles. The number of ether oxygens (including phenoxy) is 1. The summed E-state index contributed by atoms with van der Waals surface area (Å²) in [5.41, 5.74) is 0. The van der Waals surface area contributed by atoms with Crippen LogP contribution in [0.4, 0.5) is 0 Å². The number of aliphatic carboxylic acids is 1. The van der Waals surface area contributed by atoms with Crippen LogP contribution in [0.15, 0.2) is 0 Å². The van der Waals surface area contributed by atoms with Crippen LogP contribution in [-0.2, 0) is 14.3 Å². The zero-order valence-electron chi connectivity index (χ0n) is 8.70. The molecule has 0 spiro atoms. The number of carbonyl (C=O) groups is 2. The van der Waals surface area contributed by atoms with Crippen LogP contribution in [-0.4, -0.2) is 34.7 Å². The Kier molecular flexibility index (Phi) is 5.60. The van der Waals surface area contributed by atoms with E-state index in [0.717, 1.165) is 18.2 Å². The number of hydrogen-bond acceptors (Lipinski definition) is 4. The second-order valence-corrected chi connectivity index (χ2v) is 4.63. The maximum Gasteiger partial charge on any atom is 0.319 e. The lowest BCUT2D eigenvalue weighted by atomic mass is 10.1. The van der Waals surface area contributed by atoms with Crippen molar-refractivity contribution >= 4 is 23.7 Å². The van der Waals surface area contributed by atoms with Crippen molar-refractivity contribution in [3.8, 4) is 0 Å². The summed E-state index contributed by atoms with van der Waals surface area (Å²) in [6, 6.07) is 0. The highest BCUT2D eigenvalue weighted by Gasteiger charge is 2.33. The van der Waals surface area contributed by atoms with Gasteiger partial charge < -0.3 is 9.84 Å². The van der Waals surface area contributed by atoms with Gasteiger partial charge in [0.2, 0.25) is 0 Å². The molecule has 0 aliphatic carbocycles. The summed E-state index contributed by atoms with van der Waals surface area (Å²) in [7, 11) is 1.29. The molecule has 0 rings (SSSR count). The molecule has 4 nitrogen and oxygen atoms in total. The van der Waals surface area contributed by atoms with E-state index in [0.29, 0.717) is 6.42 Å². The molecule has 5 heteroatoms. The fraction of sp³-hybridized carbons (Fsp3) is 0.778. The minimum Gasteiger partial charge on any atom is -0.480 e. The van der Waals surface area contributed by atoms with E-state index in [1.165, 1.54) is 7.11 Å². The normalized spacial score (nSPS) is 14.5. The van der Waals surface area contributed by atoms with Crippen LogP contribution >= 0.6 is 11.8 Å². The second-order valence-electron chi connectivity index (χ2n) is 3.15. The zero-order valence-corrected chi connectivity index (χ0v) is 9.52. The van der Waals surface area contributed by atoms with Crippen LogP contribution in [0.3, 0.4) is 0 Å². The molecule has 1 unspecified atom stereocenters. The van der Waals surface area contributed by atoms with Crippen molar-refractivity contribution in [3.63, 3.8) is 0 Å². The summed E-state index contributed by atoms with van der Waals surface area (Å²) in [4.78, 5) is 21.8. The van der Waals surface area contributed by atoms with E-state index in [4.69, 9.17) is 5.11 Å². The van der Waals surface area contributed by atoms with E-state index in [-0.39, 0.29) is 5.75 Å². The van der Waals surface area contributed by atoms with Gasteiger partial charge in [-0.15, -0.1) is 11.8 Å². The predicted molar refractivity (Wildman–Crippen MR) is 55.4 cm³/mol. The predicted octanol–water partition coefficient (Wildman–Crippen LogP) is 1.54. The van der Waals surface area contributed by atoms with Gasteiger partial charge in [0.05, 0.1) is 12.9 Å². The maximum atomic E-state index is 10.9. The average molecular weight is 220 g/mol. The number of rotatable bonds is 6.